The van der Waals surface area contributed by atoms with E-state index in [2.05, 4.69) is 5.32 Å². The topological polar surface area (TPSA) is 143 Å². The van der Waals surface area contributed by atoms with Crippen molar-refractivity contribution in [2.45, 2.75) is 19.0 Å². The molecule has 0 spiro atoms. The highest BCUT2D eigenvalue weighted by Gasteiger charge is 2.34. The molecule has 3 amide bonds. The van der Waals surface area contributed by atoms with Crippen LogP contribution >= 0.6 is 12.4 Å². The number of nitrogens with one attached hydrogen (secondary N) is 2. The minimum Gasteiger partial charge on any atom is -0.497 e. The van der Waals surface area contributed by atoms with Crippen molar-refractivity contribution in [3.05, 3.63) is 53.6 Å². The SMILES string of the molecule is COc1ccc(NC(=O)[C@@H]2Cc3ccc(OCC(=O)NO)cc3CN2C(=O)CN)cc1.Cl. The highest BCUT2D eigenvalue weighted by atomic mass is 35.5. The molecule has 0 unspecified atom stereocenters. The Kier molecular flexibility index (Phi) is 8.82. The number of carbonyl (C=O) groups is 3. The van der Waals surface area contributed by atoms with E-state index < -0.39 is 11.9 Å². The van der Waals surface area contributed by atoms with Gasteiger partial charge < -0.3 is 25.4 Å². The molecule has 11 heteroatoms. The van der Waals surface area contributed by atoms with Crippen LogP contribution in [0, 0.1) is 0 Å². The van der Waals surface area contributed by atoms with Crippen molar-refractivity contribution < 1.29 is 29.1 Å². The summed E-state index contributed by atoms with van der Waals surface area (Å²) in [7, 11) is 1.56. The molecule has 1 aliphatic rings. The molecule has 5 N–H and O–H groups in total. The van der Waals surface area contributed by atoms with Crippen LogP contribution in [0.15, 0.2) is 42.5 Å². The van der Waals surface area contributed by atoms with E-state index in [9.17, 15) is 14.4 Å². The van der Waals surface area contributed by atoms with E-state index in [0.717, 1.165) is 11.1 Å². The molecule has 2 aromatic rings. The van der Waals surface area contributed by atoms with E-state index in [1.807, 2.05) is 0 Å². The Morgan fingerprint density at radius 2 is 1.81 bits per heavy atom. The Bertz CT molecular complexity index is 969. The van der Waals surface area contributed by atoms with Gasteiger partial charge >= 0.3 is 0 Å². The number of hydrogen-bond donors (Lipinski definition) is 4. The van der Waals surface area contributed by atoms with Crippen molar-refractivity contribution in [3.63, 3.8) is 0 Å². The first kappa shape index (κ1) is 24.9. The second kappa shape index (κ2) is 11.3. The molecule has 0 fully saturated rings. The Balaban J connectivity index is 0.00000363. The number of nitrogens with two attached hydrogens (primary N) is 1. The molecule has 1 aliphatic heterocycles. The van der Waals surface area contributed by atoms with Gasteiger partial charge in [0.15, 0.2) is 6.61 Å². The lowest BCUT2D eigenvalue weighted by atomic mass is 9.93. The highest BCUT2D eigenvalue weighted by molar-refractivity contribution is 5.98. The molecular weight excluding hydrogens is 440 g/mol. The summed E-state index contributed by atoms with van der Waals surface area (Å²) in [6.07, 6.45) is 0.306. The Labute approximate surface area is 191 Å². The van der Waals surface area contributed by atoms with Crippen LogP contribution in [0.3, 0.4) is 0 Å². The van der Waals surface area contributed by atoms with Gasteiger partial charge in [-0.05, 0) is 47.5 Å². The van der Waals surface area contributed by atoms with E-state index in [1.54, 1.807) is 49.6 Å². The number of hydrogen-bond acceptors (Lipinski definition) is 7. The zero-order chi connectivity index (χ0) is 22.4. The molecule has 172 valence electrons. The summed E-state index contributed by atoms with van der Waals surface area (Å²) in [5, 5.41) is 11.4. The van der Waals surface area contributed by atoms with E-state index in [4.69, 9.17) is 20.4 Å². The number of benzene rings is 2. The first-order valence-corrected chi connectivity index (χ1v) is 9.57. The lowest BCUT2D eigenvalue weighted by molar-refractivity contribution is -0.138. The van der Waals surface area contributed by atoms with Gasteiger partial charge in [0, 0.05) is 18.7 Å². The third kappa shape index (κ3) is 5.88. The number of anilines is 1. The zero-order valence-electron chi connectivity index (χ0n) is 17.4. The Hall–Kier alpha value is -3.34. The monoisotopic (exact) mass is 464 g/mol. The van der Waals surface area contributed by atoms with Crippen LogP contribution in [0.5, 0.6) is 11.5 Å². The minimum absolute atomic E-state index is 0. The van der Waals surface area contributed by atoms with E-state index >= 15 is 0 Å². The maximum atomic E-state index is 13.0. The molecule has 1 heterocycles. The number of methoxy groups -OCH3 is 1. The van der Waals surface area contributed by atoms with Crippen molar-refractivity contribution in [1.82, 2.24) is 10.4 Å². The fourth-order valence-electron chi connectivity index (χ4n) is 3.35. The summed E-state index contributed by atoms with van der Waals surface area (Å²) in [6, 6.07) is 11.3. The quantitative estimate of drug-likeness (QED) is 0.351. The van der Waals surface area contributed by atoms with E-state index in [1.165, 1.54) is 10.4 Å². The van der Waals surface area contributed by atoms with Crippen molar-refractivity contribution >= 4 is 35.8 Å². The van der Waals surface area contributed by atoms with Gasteiger partial charge in [-0.3, -0.25) is 19.6 Å². The summed E-state index contributed by atoms with van der Waals surface area (Å²) < 4.78 is 10.4. The molecule has 10 nitrogen and oxygen atoms in total. The number of nitrogens with zero attached hydrogens (tertiary/aromatic N) is 1. The number of amides is 3. The average Bonchev–Trinajstić information content (AvgIpc) is 2.81. The third-order valence-corrected chi connectivity index (χ3v) is 4.96. The molecule has 0 aliphatic carbocycles. The van der Waals surface area contributed by atoms with E-state index in [-0.39, 0.29) is 43.9 Å². The highest BCUT2D eigenvalue weighted by Crippen LogP contribution is 2.28. The van der Waals surface area contributed by atoms with Crippen molar-refractivity contribution in [1.29, 1.82) is 0 Å². The van der Waals surface area contributed by atoms with E-state index in [0.29, 0.717) is 23.6 Å². The molecule has 1 atom stereocenters. The number of hydroxylamine groups is 1. The van der Waals surface area contributed by atoms with Gasteiger partial charge in [-0.25, -0.2) is 5.48 Å². The van der Waals surface area contributed by atoms with Crippen LogP contribution in [0.1, 0.15) is 11.1 Å². The normalized spacial score (nSPS) is 14.5. The van der Waals surface area contributed by atoms with Gasteiger partial charge in [0.05, 0.1) is 13.7 Å². The smallest absolute Gasteiger partial charge is 0.281 e. The van der Waals surface area contributed by atoms with Gasteiger partial charge in [0.2, 0.25) is 11.8 Å². The predicted molar refractivity (Wildman–Crippen MR) is 118 cm³/mol. The maximum absolute atomic E-state index is 13.0. The number of halogens is 1. The van der Waals surface area contributed by atoms with Crippen LogP contribution in [0.2, 0.25) is 0 Å². The minimum atomic E-state index is -0.724. The number of rotatable bonds is 7. The standard InChI is InChI=1S/C21H24N4O6.ClH/c1-30-16-6-3-15(4-7-16)23-21(28)18-9-13-2-5-17(31-12-19(26)24-29)8-14(13)11-25(18)20(27)10-22;/h2-8,18,29H,9-12,22H2,1H3,(H,23,28)(H,24,26);1H/t18-;/m0./s1. The van der Waals surface area contributed by atoms with Crippen LogP contribution in [-0.4, -0.2) is 54.1 Å². The maximum Gasteiger partial charge on any atom is 0.281 e. The summed E-state index contributed by atoms with van der Waals surface area (Å²) in [5.41, 5.74) is 9.31. The van der Waals surface area contributed by atoms with Gasteiger partial charge in [0.1, 0.15) is 17.5 Å². The second-order valence-electron chi connectivity index (χ2n) is 6.92. The number of ether oxygens (including phenoxy) is 2. The van der Waals surface area contributed by atoms with Crippen molar-refractivity contribution in [3.8, 4) is 11.5 Å². The predicted octanol–water partition coefficient (Wildman–Crippen LogP) is 0.852. The van der Waals surface area contributed by atoms with Gasteiger partial charge in [0.25, 0.3) is 5.91 Å². The fourth-order valence-corrected chi connectivity index (χ4v) is 3.35. The van der Waals surface area contributed by atoms with Crippen LogP contribution in [0.4, 0.5) is 5.69 Å². The number of fused-ring (bicyclic) bond motifs is 1. The van der Waals surface area contributed by atoms with Gasteiger partial charge in [-0.15, -0.1) is 12.4 Å². The molecule has 3 rings (SSSR count). The van der Waals surface area contributed by atoms with Gasteiger partial charge in [-0.2, -0.15) is 0 Å². The second-order valence-corrected chi connectivity index (χ2v) is 6.92. The summed E-state index contributed by atoms with van der Waals surface area (Å²) in [6.45, 7) is -0.405. The van der Waals surface area contributed by atoms with Crippen LogP contribution in [0.25, 0.3) is 0 Å². The molecule has 32 heavy (non-hydrogen) atoms. The third-order valence-electron chi connectivity index (χ3n) is 4.96. The first-order chi connectivity index (χ1) is 14.9. The largest absolute Gasteiger partial charge is 0.497 e. The number of carbonyl (C=O) groups excluding carboxylic acids is 3. The van der Waals surface area contributed by atoms with Crippen molar-refractivity contribution in [2.24, 2.45) is 5.73 Å². The lowest BCUT2D eigenvalue weighted by Gasteiger charge is -2.36. The molecule has 0 aromatic heterocycles. The Morgan fingerprint density at radius 1 is 1.12 bits per heavy atom. The summed E-state index contributed by atoms with van der Waals surface area (Å²) >= 11 is 0. The van der Waals surface area contributed by atoms with Gasteiger partial charge in [-0.1, -0.05) is 6.07 Å². The average molecular weight is 465 g/mol. The lowest BCUT2D eigenvalue weighted by Crippen LogP contribution is -2.52. The molecule has 2 aromatic carbocycles. The van der Waals surface area contributed by atoms with Crippen molar-refractivity contribution in [2.75, 3.05) is 25.6 Å². The molecular formula is C21H25ClN4O6. The molecule has 0 saturated carbocycles. The van der Waals surface area contributed by atoms with Crippen LogP contribution in [-0.2, 0) is 27.3 Å². The molecule has 0 bridgehead atoms. The fraction of sp³-hybridized carbons (Fsp3) is 0.286. The molecule has 0 radical (unpaired) electrons. The summed E-state index contributed by atoms with van der Waals surface area (Å²) in [5.74, 6) is -0.292. The van der Waals surface area contributed by atoms with Crippen LogP contribution < -0.4 is 26.0 Å². The first-order valence-electron chi connectivity index (χ1n) is 9.57. The zero-order valence-corrected chi connectivity index (χ0v) is 18.2. The summed E-state index contributed by atoms with van der Waals surface area (Å²) in [4.78, 5) is 38.0. The molecule has 0 saturated heterocycles. The Morgan fingerprint density at radius 3 is 2.44 bits per heavy atom.